The molecule has 10 heavy (non-hydrogen) atoms. The Hall–Kier alpha value is 0.0534. The molecule has 0 N–H and O–H groups in total. The largest absolute Gasteiger partial charge is 0.207 e. The summed E-state index contributed by atoms with van der Waals surface area (Å²) in [6, 6.07) is 3.12. The van der Waals surface area contributed by atoms with Crippen LogP contribution in [-0.4, -0.2) is 0 Å². The summed E-state index contributed by atoms with van der Waals surface area (Å²) < 4.78 is 24.4. The molecular weight excluding hydrogens is 208 g/mol. The molecule has 0 aliphatic rings. The molecule has 0 heterocycles. The van der Waals surface area contributed by atoms with Gasteiger partial charge in [0.25, 0.3) is 0 Å². The monoisotopic (exact) mass is 210 g/mol. The van der Waals surface area contributed by atoms with Crippen molar-refractivity contribution in [1.82, 2.24) is 0 Å². The Morgan fingerprint density at radius 3 is 2.20 bits per heavy atom. The van der Waals surface area contributed by atoms with Crippen LogP contribution in [0.5, 0.6) is 0 Å². The molecule has 0 aromatic heterocycles. The third-order valence-corrected chi connectivity index (χ3v) is 1.25. The van der Waals surface area contributed by atoms with Crippen LogP contribution in [0, 0.1) is 11.6 Å². The van der Waals surface area contributed by atoms with Gasteiger partial charge in [-0.2, -0.15) is 0 Å². The molecule has 0 aliphatic carbocycles. The van der Waals surface area contributed by atoms with Crippen molar-refractivity contribution in [2.24, 2.45) is 0 Å². The van der Waals surface area contributed by atoms with E-state index in [9.17, 15) is 8.78 Å². The van der Waals surface area contributed by atoms with Crippen LogP contribution < -0.4 is 0 Å². The Balaban J connectivity index is 0.000000810. The Morgan fingerprint density at radius 2 is 1.80 bits per heavy atom. The quantitative estimate of drug-likeness (QED) is 0.494. The van der Waals surface area contributed by atoms with E-state index in [4.69, 9.17) is 0 Å². The fraction of sp³-hybridized carbons (Fsp3) is 0. The Bertz CT molecular complexity index is 227. The maximum atomic E-state index is 12.3. The Morgan fingerprint density at radius 1 is 1.20 bits per heavy atom. The average Bonchev–Trinajstić information content (AvgIpc) is 1.80. The molecule has 0 saturated carbocycles. The zero-order chi connectivity index (χ0) is 6.85. The first kappa shape index (κ1) is 10.1. The van der Waals surface area contributed by atoms with Gasteiger partial charge in [0, 0.05) is 24.4 Å². The maximum absolute atomic E-state index is 12.3. The molecule has 0 radical (unpaired) electrons. The molecule has 1 rings (SSSR count). The molecule has 0 nitrogen and oxygen atoms in total. The van der Waals surface area contributed by atoms with Gasteiger partial charge in [-0.05, 0) is 18.2 Å². The second-order valence-corrected chi connectivity index (χ2v) is 2.08. The summed E-state index contributed by atoms with van der Waals surface area (Å²) in [4.78, 5) is 0.0370. The predicted molar refractivity (Wildman–Crippen MR) is 33.6 cm³/mol. The van der Waals surface area contributed by atoms with Crippen molar-refractivity contribution in [3.05, 3.63) is 29.8 Å². The number of thiol groups is 1. The van der Waals surface area contributed by atoms with E-state index >= 15 is 0 Å². The van der Waals surface area contributed by atoms with Crippen molar-refractivity contribution in [3.63, 3.8) is 0 Å². The molecule has 4 heteroatoms. The normalized spacial score (nSPS) is 8.70. The van der Waals surface area contributed by atoms with Crippen molar-refractivity contribution in [2.75, 3.05) is 0 Å². The van der Waals surface area contributed by atoms with Crippen LogP contribution in [0.25, 0.3) is 0 Å². The zero-order valence-electron chi connectivity index (χ0n) is 5.14. The van der Waals surface area contributed by atoms with Crippen LogP contribution in [0.15, 0.2) is 23.1 Å². The van der Waals surface area contributed by atoms with Gasteiger partial charge in [-0.3, -0.25) is 0 Å². The fourth-order valence-corrected chi connectivity index (χ4v) is 0.684. The molecule has 50 valence electrons. The van der Waals surface area contributed by atoms with E-state index in [1.165, 1.54) is 0 Å². The average molecular weight is 212 g/mol. The maximum Gasteiger partial charge on any atom is 0.136 e. The van der Waals surface area contributed by atoms with Gasteiger partial charge in [0.05, 0.1) is 0 Å². The van der Waals surface area contributed by atoms with E-state index in [2.05, 4.69) is 12.6 Å². The van der Waals surface area contributed by atoms with Crippen molar-refractivity contribution in [1.29, 1.82) is 0 Å². The molecule has 0 atom stereocenters. The van der Waals surface area contributed by atoms with Gasteiger partial charge in [-0.15, -0.1) is 12.6 Å². The number of hydrogen-bond acceptors (Lipinski definition) is 1. The number of rotatable bonds is 0. The molecular formula is C6H4F2SZn. The summed E-state index contributed by atoms with van der Waals surface area (Å²) in [6.45, 7) is 0. The molecule has 0 fully saturated rings. The first-order valence-corrected chi connectivity index (χ1v) is 2.79. The van der Waals surface area contributed by atoms with Crippen molar-refractivity contribution >= 4 is 12.6 Å². The van der Waals surface area contributed by atoms with Crippen LogP contribution in [0.3, 0.4) is 0 Å². The van der Waals surface area contributed by atoms with E-state index in [-0.39, 0.29) is 24.4 Å². The van der Waals surface area contributed by atoms with Gasteiger partial charge in [0.1, 0.15) is 11.6 Å². The molecule has 0 bridgehead atoms. The first-order valence-electron chi connectivity index (χ1n) is 2.34. The number of hydrogen-bond donors (Lipinski definition) is 1. The minimum Gasteiger partial charge on any atom is -0.207 e. The van der Waals surface area contributed by atoms with E-state index < -0.39 is 11.6 Å². The van der Waals surface area contributed by atoms with Crippen LogP contribution >= 0.6 is 12.6 Å². The van der Waals surface area contributed by atoms with Gasteiger partial charge in [0.15, 0.2) is 0 Å². The third-order valence-electron chi connectivity index (χ3n) is 0.908. The number of benzene rings is 1. The summed E-state index contributed by atoms with van der Waals surface area (Å²) in [5.74, 6) is -0.971. The molecule has 0 amide bonds. The molecule has 0 saturated heterocycles. The standard InChI is InChI=1S/C6H4F2S.Zn/c7-4-1-2-5(8)6(9)3-4;/h1-3,9H;. The summed E-state index contributed by atoms with van der Waals surface area (Å²) in [5, 5.41) is 0. The van der Waals surface area contributed by atoms with Gasteiger partial charge in [-0.1, -0.05) is 0 Å². The Labute approximate surface area is 75.8 Å². The van der Waals surface area contributed by atoms with Crippen molar-refractivity contribution in [2.45, 2.75) is 4.90 Å². The second-order valence-electron chi connectivity index (χ2n) is 1.60. The summed E-state index contributed by atoms with van der Waals surface area (Å²) in [5.41, 5.74) is 0. The van der Waals surface area contributed by atoms with Crippen LogP contribution in [0.1, 0.15) is 0 Å². The number of halogens is 2. The molecule has 0 unspecified atom stereocenters. The van der Waals surface area contributed by atoms with E-state index in [0.717, 1.165) is 18.2 Å². The van der Waals surface area contributed by atoms with E-state index in [1.54, 1.807) is 0 Å². The topological polar surface area (TPSA) is 0 Å². The van der Waals surface area contributed by atoms with Gasteiger partial charge in [0.2, 0.25) is 0 Å². The van der Waals surface area contributed by atoms with Crippen LogP contribution in [0.2, 0.25) is 0 Å². The summed E-state index contributed by atoms with van der Waals surface area (Å²) in [7, 11) is 0. The third kappa shape index (κ3) is 2.35. The van der Waals surface area contributed by atoms with E-state index in [1.807, 2.05) is 0 Å². The second kappa shape index (κ2) is 4.04. The molecule has 1 aromatic rings. The molecule has 0 aliphatic heterocycles. The van der Waals surface area contributed by atoms with Crippen molar-refractivity contribution < 1.29 is 28.3 Å². The molecule has 0 spiro atoms. The zero-order valence-corrected chi connectivity index (χ0v) is 9.00. The van der Waals surface area contributed by atoms with Gasteiger partial charge >= 0.3 is 0 Å². The summed E-state index contributed by atoms with van der Waals surface area (Å²) >= 11 is 3.65. The van der Waals surface area contributed by atoms with Gasteiger partial charge in [-0.25, -0.2) is 8.78 Å². The first-order chi connectivity index (χ1) is 4.20. The fourth-order valence-electron chi connectivity index (χ4n) is 0.486. The molecule has 1 aromatic carbocycles. The summed E-state index contributed by atoms with van der Waals surface area (Å²) in [6.07, 6.45) is 0. The van der Waals surface area contributed by atoms with Crippen LogP contribution in [0.4, 0.5) is 8.78 Å². The SMILES string of the molecule is Fc1ccc(F)c(S)c1.[Zn]. The van der Waals surface area contributed by atoms with E-state index in [0.29, 0.717) is 0 Å². The van der Waals surface area contributed by atoms with Crippen molar-refractivity contribution in [3.8, 4) is 0 Å². The minimum absolute atomic E-state index is 0. The van der Waals surface area contributed by atoms with Crippen LogP contribution in [-0.2, 0) is 19.5 Å². The minimum atomic E-state index is -0.500. The predicted octanol–water partition coefficient (Wildman–Crippen LogP) is 2.25. The Kier molecular flexibility index (Phi) is 4.06. The smallest absolute Gasteiger partial charge is 0.136 e. The van der Waals surface area contributed by atoms with Gasteiger partial charge < -0.3 is 0 Å².